The first-order valence-corrected chi connectivity index (χ1v) is 30.0. The van der Waals surface area contributed by atoms with E-state index in [0.717, 1.165) is 31.4 Å². The van der Waals surface area contributed by atoms with Crippen LogP contribution in [-0.4, -0.2) is 110 Å². The predicted octanol–water partition coefficient (Wildman–Crippen LogP) is 5.95. The molecule has 15 heteroatoms. The van der Waals surface area contributed by atoms with Gasteiger partial charge in [0.2, 0.25) is 0 Å². The number of aliphatic hydroxyl groups excluding tert-OH is 3. The topological polar surface area (TPSA) is 211 Å². The number of phenols is 1. The van der Waals surface area contributed by atoms with Crippen LogP contribution in [0.5, 0.6) is 11.5 Å². The van der Waals surface area contributed by atoms with Crippen LogP contribution in [0.4, 0.5) is 0 Å². The average Bonchev–Trinajstić information content (AvgIpc) is 4.00. The number of nitrogens with two attached hydrogens (primary N) is 1. The summed E-state index contributed by atoms with van der Waals surface area (Å²) in [6.45, 7) is 3.39. The van der Waals surface area contributed by atoms with Gasteiger partial charge in [-0.3, -0.25) is 4.79 Å². The van der Waals surface area contributed by atoms with E-state index in [1.165, 1.54) is 32.3 Å². The third kappa shape index (κ3) is 8.67. The van der Waals surface area contributed by atoms with E-state index in [1.807, 2.05) is 27.7 Å². The van der Waals surface area contributed by atoms with Gasteiger partial charge in [0.05, 0.1) is 34.5 Å². The van der Waals surface area contributed by atoms with Crippen LogP contribution in [0.1, 0.15) is 121 Å². The van der Waals surface area contributed by atoms with Gasteiger partial charge in [-0.2, -0.15) is 0 Å². The van der Waals surface area contributed by atoms with Crippen LogP contribution in [0, 0.1) is 81.4 Å². The molecule has 4 heterocycles. The molecule has 4 fully saturated rings. The van der Waals surface area contributed by atoms with Crippen molar-refractivity contribution in [1.29, 1.82) is 0 Å². The lowest BCUT2D eigenvalue weighted by Gasteiger charge is -2.69. The number of fused-ring (bicyclic) bond motifs is 4. The number of allylic oxidation sites excluding steroid dienone is 4. The summed E-state index contributed by atoms with van der Waals surface area (Å²) in [6, 6.07) is 2.40. The molecule has 7 aliphatic carbocycles. The maximum Gasteiger partial charge on any atom is 0.302 e. The Bertz CT molecular complexity index is 2590. The Hall–Kier alpha value is -3.64. The second-order valence-electron chi connectivity index (χ2n) is 24.2. The second kappa shape index (κ2) is 19.4. The zero-order valence-corrected chi connectivity index (χ0v) is 43.8. The summed E-state index contributed by atoms with van der Waals surface area (Å²) in [5.41, 5.74) is 6.14. The molecule has 0 aromatic heterocycles. The summed E-state index contributed by atoms with van der Waals surface area (Å²) in [6.07, 6.45) is 21.3. The molecule has 73 heavy (non-hydrogen) atoms. The SMILES string of the molecule is CC(=O)O[C@H]1C[C@@H](O)CC[C@@]23C#C[C@@H]4C[C@H]5C#C[C@H](CNC[C@@]6(C5)C[C@@H](CCN6)Oc5cc(c(C(O)O)cc5O)C[C@H]41)SSC[C@@]1(C[C@]45CCC[C@@H]4C=C[C@H]4[C@@H]5C=C[C@@H]5CCC[C@@]541)NC(N)=N[C@H]2C=CC[C@@H]3O. The maximum absolute atomic E-state index is 13.2. The molecule has 1 aromatic rings. The van der Waals surface area contributed by atoms with Crippen molar-refractivity contribution < 1.29 is 39.8 Å². The van der Waals surface area contributed by atoms with E-state index in [9.17, 15) is 30.3 Å². The number of aliphatic imine (C=N–C) groups is 1. The number of piperidine rings is 1. The quantitative estimate of drug-likeness (QED) is 0.0552. The molecule has 0 unspecified atom stereocenters. The Kier molecular flexibility index (Phi) is 13.4. The molecule has 12 rings (SSSR count). The summed E-state index contributed by atoms with van der Waals surface area (Å²) in [4.78, 5) is 18.7. The third-order valence-corrected chi connectivity index (χ3v) is 23.0. The second-order valence-corrected chi connectivity index (χ2v) is 26.8. The number of ether oxygens (including phenoxy) is 2. The lowest BCUT2D eigenvalue weighted by Crippen LogP contribution is -2.74. The van der Waals surface area contributed by atoms with E-state index in [2.05, 4.69) is 70.0 Å². The number of aromatic hydroxyl groups is 1. The molecule has 0 amide bonds. The van der Waals surface area contributed by atoms with Gasteiger partial charge in [0.25, 0.3) is 0 Å². The van der Waals surface area contributed by atoms with E-state index >= 15 is 0 Å². The Morgan fingerprint density at radius 1 is 0.973 bits per heavy atom. The highest BCUT2D eigenvalue weighted by Crippen LogP contribution is 2.75. The van der Waals surface area contributed by atoms with Gasteiger partial charge in [0.15, 0.2) is 23.7 Å². The van der Waals surface area contributed by atoms with E-state index in [0.29, 0.717) is 93.4 Å². The minimum atomic E-state index is -1.93. The fraction of sp³-hybridized carbons (Fsp3) is 0.690. The Morgan fingerprint density at radius 3 is 2.67 bits per heavy atom. The van der Waals surface area contributed by atoms with Crippen LogP contribution >= 0.6 is 21.6 Å². The molecule has 1 saturated heterocycles. The van der Waals surface area contributed by atoms with Gasteiger partial charge in [0, 0.05) is 72.9 Å². The van der Waals surface area contributed by atoms with Gasteiger partial charge in [-0.15, -0.1) is 0 Å². The van der Waals surface area contributed by atoms with Crippen LogP contribution < -0.4 is 26.4 Å². The Labute approximate surface area is 438 Å². The van der Waals surface area contributed by atoms with E-state index < -0.39 is 64.9 Å². The smallest absolute Gasteiger partial charge is 0.302 e. The fourth-order valence-electron chi connectivity index (χ4n) is 17.3. The van der Waals surface area contributed by atoms with Gasteiger partial charge in [-0.1, -0.05) is 94.6 Å². The van der Waals surface area contributed by atoms with Crippen molar-refractivity contribution in [2.45, 2.75) is 163 Å². The lowest BCUT2D eigenvalue weighted by atomic mass is 9.38. The van der Waals surface area contributed by atoms with Crippen LogP contribution in [0.25, 0.3) is 0 Å². The summed E-state index contributed by atoms with van der Waals surface area (Å²) < 4.78 is 13.0. The summed E-state index contributed by atoms with van der Waals surface area (Å²) >= 11 is 0. The number of rotatable bonds is 2. The highest BCUT2D eigenvalue weighted by atomic mass is 33.1. The Balaban J connectivity index is 1.05. The first-order chi connectivity index (χ1) is 35.2. The first-order valence-electron chi connectivity index (χ1n) is 27.6. The van der Waals surface area contributed by atoms with Gasteiger partial charge in [0.1, 0.15) is 12.2 Å². The fourth-order valence-corrected chi connectivity index (χ4v) is 20.1. The van der Waals surface area contributed by atoms with Crippen LogP contribution in [-0.2, 0) is 16.0 Å². The number of guanidine groups is 1. The number of hydrogen-bond donors (Lipinski definition) is 9. The minimum Gasteiger partial charge on any atom is -0.504 e. The largest absolute Gasteiger partial charge is 0.504 e. The zero-order valence-electron chi connectivity index (χ0n) is 42.1. The molecule has 11 aliphatic rings. The molecule has 0 radical (unpaired) electrons. The molecular formula is C58H75N5O8S2. The van der Waals surface area contributed by atoms with Crippen LogP contribution in [0.15, 0.2) is 53.6 Å². The van der Waals surface area contributed by atoms with Crippen molar-refractivity contribution in [3.63, 3.8) is 0 Å². The van der Waals surface area contributed by atoms with Gasteiger partial charge >= 0.3 is 5.97 Å². The van der Waals surface area contributed by atoms with Crippen molar-refractivity contribution in [3.8, 4) is 35.2 Å². The molecule has 10 N–H and O–H groups in total. The number of carbonyl (C=O) groups excluding carboxylic acids is 1. The number of carbonyl (C=O) groups is 1. The van der Waals surface area contributed by atoms with Crippen molar-refractivity contribution in [2.75, 3.05) is 25.4 Å². The number of aliphatic hydroxyl groups is 4. The number of nitrogens with zero attached hydrogens (tertiary/aromatic N) is 1. The van der Waals surface area contributed by atoms with Crippen molar-refractivity contribution in [2.24, 2.45) is 68.4 Å². The van der Waals surface area contributed by atoms with Gasteiger partial charge in [-0.05, 0) is 130 Å². The van der Waals surface area contributed by atoms with Crippen LogP contribution in [0.2, 0.25) is 0 Å². The van der Waals surface area contributed by atoms with E-state index in [1.54, 1.807) is 6.07 Å². The molecule has 392 valence electrons. The molecule has 12 bridgehead atoms. The molecule has 18 atom stereocenters. The van der Waals surface area contributed by atoms with Crippen molar-refractivity contribution in [3.05, 3.63) is 59.7 Å². The lowest BCUT2D eigenvalue weighted by molar-refractivity contribution is -0.152. The summed E-state index contributed by atoms with van der Waals surface area (Å²) in [7, 11) is 3.79. The molecule has 13 nitrogen and oxygen atoms in total. The molecule has 5 spiro atoms. The van der Waals surface area contributed by atoms with Gasteiger partial charge in [-0.25, -0.2) is 4.99 Å². The average molecular weight is 1030 g/mol. The predicted molar refractivity (Wildman–Crippen MR) is 284 cm³/mol. The van der Waals surface area contributed by atoms with E-state index in [-0.39, 0.29) is 64.4 Å². The molecule has 4 aliphatic heterocycles. The van der Waals surface area contributed by atoms with E-state index in [4.69, 9.17) is 20.2 Å². The van der Waals surface area contributed by atoms with Crippen molar-refractivity contribution >= 4 is 33.5 Å². The number of hydrogen-bond acceptors (Lipinski definition) is 15. The molecular weight excluding hydrogens is 959 g/mol. The maximum atomic E-state index is 13.2. The number of phenolic OH excluding ortho intramolecular Hbond substituents is 1. The normalized spacial score (nSPS) is 45.4. The van der Waals surface area contributed by atoms with Gasteiger partial charge < -0.3 is 56.7 Å². The highest BCUT2D eigenvalue weighted by molar-refractivity contribution is 8.77. The number of esters is 1. The number of benzene rings is 1. The highest BCUT2D eigenvalue weighted by Gasteiger charge is 2.72. The Morgan fingerprint density at radius 2 is 1.81 bits per heavy atom. The molecule has 1 aromatic carbocycles. The standard InChI is InChI=1S/C58H75N5O8S2/c1-34(64)70-48-26-40(65)16-21-55-20-15-36-23-35-9-12-42(30-60-32-54(28-35)29-41(17-22-61-54)71-49-25-37(24-43(36)48)44(52(68)69)27-47(49)66)73-72-33-57(63-53(59)62-50(55)7-2-8-51(55)67)31-56-18-3-5-38(56)10-14-46-45(56)13-11-39-6-4-19-58(39,46)57/h2,7,10-11,13-14,25,27,35-36,38-43,45-46,48,50-52,60-61,65-69H,3-6,8,16-19,21-24,26,28-33H2,1H3,(H3,59,62,63)/t35-,36-,38-,39+,40+,41-,42-,43-,45+,46+,48+,50+,51+,54-,55+,56-,57-,58-/m1/s1. The third-order valence-electron chi connectivity index (χ3n) is 20.3. The monoisotopic (exact) mass is 1030 g/mol. The van der Waals surface area contributed by atoms with Crippen molar-refractivity contribution in [1.82, 2.24) is 16.0 Å². The van der Waals surface area contributed by atoms with Crippen LogP contribution in [0.3, 0.4) is 0 Å². The molecule has 3 saturated carbocycles. The first kappa shape index (κ1) is 50.2. The summed E-state index contributed by atoms with van der Waals surface area (Å²) in [5.74, 6) is 16.4. The minimum absolute atomic E-state index is 0.0567. The number of nitrogens with one attached hydrogen (secondary N) is 3. The zero-order chi connectivity index (χ0) is 50.3. The summed E-state index contributed by atoms with van der Waals surface area (Å²) in [5, 5.41) is 70.0.